The molecule has 2 aromatic heterocycles. The van der Waals surface area contributed by atoms with Crippen molar-refractivity contribution in [2.24, 2.45) is 0 Å². The molecule has 96 valence electrons. The van der Waals surface area contributed by atoms with E-state index < -0.39 is 0 Å². The van der Waals surface area contributed by atoms with Crippen molar-refractivity contribution in [1.82, 2.24) is 14.7 Å². The normalized spacial score (nSPS) is 15.2. The summed E-state index contributed by atoms with van der Waals surface area (Å²) in [5.41, 5.74) is 0.839. The van der Waals surface area contributed by atoms with E-state index in [-0.39, 0.29) is 5.82 Å². The number of hydrogen-bond acceptors (Lipinski definition) is 3. The smallest absolute Gasteiger partial charge is 0.246 e. The van der Waals surface area contributed by atoms with Gasteiger partial charge in [-0.1, -0.05) is 5.16 Å². The monoisotopic (exact) mass is 257 g/mol. The number of benzene rings is 1. The van der Waals surface area contributed by atoms with E-state index in [9.17, 15) is 4.39 Å². The van der Waals surface area contributed by atoms with E-state index in [0.717, 1.165) is 29.6 Å². The fraction of sp³-hybridized carbons (Fsp3) is 0.286. The van der Waals surface area contributed by atoms with Crippen LogP contribution < -0.4 is 0 Å². The minimum absolute atomic E-state index is 0.239. The van der Waals surface area contributed by atoms with Crippen LogP contribution in [0.3, 0.4) is 0 Å². The molecule has 2 heterocycles. The summed E-state index contributed by atoms with van der Waals surface area (Å²) in [7, 11) is 0. The first-order chi connectivity index (χ1) is 9.29. The van der Waals surface area contributed by atoms with E-state index in [1.165, 1.54) is 12.1 Å². The summed E-state index contributed by atoms with van der Waals surface area (Å²) < 4.78 is 20.4. The van der Waals surface area contributed by atoms with E-state index in [2.05, 4.69) is 10.1 Å². The third kappa shape index (κ3) is 1.91. The molecule has 5 heteroatoms. The van der Waals surface area contributed by atoms with Crippen molar-refractivity contribution in [3.63, 3.8) is 0 Å². The highest BCUT2D eigenvalue weighted by Gasteiger charge is 2.28. The Hall–Kier alpha value is -2.17. The second-order valence-corrected chi connectivity index (χ2v) is 4.97. The van der Waals surface area contributed by atoms with Gasteiger partial charge in [-0.05, 0) is 42.5 Å². The molecule has 0 saturated heterocycles. The van der Waals surface area contributed by atoms with Gasteiger partial charge in [0.2, 0.25) is 5.89 Å². The highest BCUT2D eigenvalue weighted by Crippen LogP contribution is 2.38. The maximum Gasteiger partial charge on any atom is 0.246 e. The van der Waals surface area contributed by atoms with Gasteiger partial charge >= 0.3 is 0 Å². The Labute approximate surface area is 108 Å². The van der Waals surface area contributed by atoms with E-state index in [1.54, 1.807) is 6.07 Å². The summed E-state index contributed by atoms with van der Waals surface area (Å²) >= 11 is 0. The number of rotatable bonds is 3. The van der Waals surface area contributed by atoms with Crippen LogP contribution in [0.1, 0.15) is 30.5 Å². The molecule has 0 unspecified atom stereocenters. The Morgan fingerprint density at radius 2 is 2.21 bits per heavy atom. The minimum Gasteiger partial charge on any atom is -0.338 e. The molecule has 0 radical (unpaired) electrons. The summed E-state index contributed by atoms with van der Waals surface area (Å²) in [5.74, 6) is 1.62. The lowest BCUT2D eigenvalue weighted by molar-refractivity contribution is 0.367. The quantitative estimate of drug-likeness (QED) is 0.724. The third-order valence-electron chi connectivity index (χ3n) is 3.47. The van der Waals surface area contributed by atoms with Gasteiger partial charge in [-0.25, -0.2) is 4.39 Å². The average Bonchev–Trinajstić information content (AvgIpc) is 3.04. The van der Waals surface area contributed by atoms with Crippen molar-refractivity contribution in [3.8, 4) is 0 Å². The number of fused-ring (bicyclic) bond motifs is 1. The molecular weight excluding hydrogens is 245 g/mol. The number of nitrogens with zero attached hydrogens (tertiary/aromatic N) is 3. The summed E-state index contributed by atoms with van der Waals surface area (Å²) in [5, 5.41) is 4.99. The summed E-state index contributed by atoms with van der Waals surface area (Å²) in [6.45, 7) is 0.479. The lowest BCUT2D eigenvalue weighted by Crippen LogP contribution is -1.98. The van der Waals surface area contributed by atoms with Crippen LogP contribution in [0, 0.1) is 5.82 Å². The van der Waals surface area contributed by atoms with E-state index >= 15 is 0 Å². The number of halogens is 1. The summed E-state index contributed by atoms with van der Waals surface area (Å²) in [6, 6.07) is 6.70. The fourth-order valence-corrected chi connectivity index (χ4v) is 2.28. The molecule has 1 saturated carbocycles. The van der Waals surface area contributed by atoms with Crippen molar-refractivity contribution in [3.05, 3.63) is 48.0 Å². The lowest BCUT2D eigenvalue weighted by Gasteiger charge is -2.01. The minimum atomic E-state index is -0.239. The van der Waals surface area contributed by atoms with Crippen molar-refractivity contribution in [2.45, 2.75) is 25.3 Å². The van der Waals surface area contributed by atoms with Crippen LogP contribution >= 0.6 is 0 Å². The predicted octanol–water partition coefficient (Wildman–Crippen LogP) is 3.09. The molecule has 0 aliphatic heterocycles. The standard InChI is InChI=1S/C14H12FN3O/c15-11-4-3-9-5-6-18(12(9)7-11)8-13-16-14(17-19-13)10-1-2-10/h3-7,10H,1-2,8H2. The van der Waals surface area contributed by atoms with Crippen LogP contribution in [0.2, 0.25) is 0 Å². The molecular formula is C14H12FN3O. The zero-order valence-electron chi connectivity index (χ0n) is 10.2. The SMILES string of the molecule is Fc1ccc2ccn(Cc3nc(C4CC4)no3)c2c1. The third-order valence-corrected chi connectivity index (χ3v) is 3.47. The molecule has 3 aromatic rings. The van der Waals surface area contributed by atoms with Gasteiger partial charge in [0.15, 0.2) is 5.82 Å². The Morgan fingerprint density at radius 3 is 3.05 bits per heavy atom. The zero-order chi connectivity index (χ0) is 12.8. The molecule has 4 rings (SSSR count). The van der Waals surface area contributed by atoms with Crippen LogP contribution in [-0.2, 0) is 6.54 Å². The van der Waals surface area contributed by atoms with Gasteiger partial charge in [0, 0.05) is 12.1 Å². The van der Waals surface area contributed by atoms with Crippen molar-refractivity contribution in [1.29, 1.82) is 0 Å². The molecule has 1 aliphatic rings. The second kappa shape index (κ2) is 3.91. The van der Waals surface area contributed by atoms with Crippen LogP contribution in [0.5, 0.6) is 0 Å². The first-order valence-electron chi connectivity index (χ1n) is 6.36. The van der Waals surface area contributed by atoms with Crippen molar-refractivity contribution >= 4 is 10.9 Å². The first kappa shape index (κ1) is 10.7. The fourth-order valence-electron chi connectivity index (χ4n) is 2.28. The topological polar surface area (TPSA) is 43.9 Å². The molecule has 1 fully saturated rings. The number of hydrogen-bond donors (Lipinski definition) is 0. The maximum atomic E-state index is 13.3. The average molecular weight is 257 g/mol. The molecule has 19 heavy (non-hydrogen) atoms. The summed E-state index contributed by atoms with van der Waals surface area (Å²) in [4.78, 5) is 4.38. The van der Waals surface area contributed by atoms with Gasteiger partial charge < -0.3 is 9.09 Å². The van der Waals surface area contributed by atoms with E-state index in [4.69, 9.17) is 4.52 Å². The molecule has 4 nitrogen and oxygen atoms in total. The van der Waals surface area contributed by atoms with E-state index in [1.807, 2.05) is 16.8 Å². The Bertz CT molecular complexity index is 742. The largest absolute Gasteiger partial charge is 0.338 e. The van der Waals surface area contributed by atoms with Gasteiger partial charge in [-0.2, -0.15) is 4.98 Å². The molecule has 1 aliphatic carbocycles. The highest BCUT2D eigenvalue weighted by molar-refractivity contribution is 5.80. The Kier molecular flexibility index (Phi) is 2.21. The Balaban J connectivity index is 1.67. The van der Waals surface area contributed by atoms with Crippen LogP contribution in [0.4, 0.5) is 4.39 Å². The molecule has 0 spiro atoms. The van der Waals surface area contributed by atoms with Crippen LogP contribution in [0.25, 0.3) is 10.9 Å². The van der Waals surface area contributed by atoms with Gasteiger partial charge in [0.25, 0.3) is 0 Å². The Morgan fingerprint density at radius 1 is 1.32 bits per heavy atom. The maximum absolute atomic E-state index is 13.3. The lowest BCUT2D eigenvalue weighted by atomic mass is 10.2. The van der Waals surface area contributed by atoms with Crippen molar-refractivity contribution < 1.29 is 8.91 Å². The van der Waals surface area contributed by atoms with Gasteiger partial charge in [-0.15, -0.1) is 0 Å². The molecule has 0 bridgehead atoms. The van der Waals surface area contributed by atoms with Crippen LogP contribution in [0.15, 0.2) is 35.0 Å². The molecule has 1 aromatic carbocycles. The summed E-state index contributed by atoms with van der Waals surface area (Å²) in [6.07, 6.45) is 4.21. The van der Waals surface area contributed by atoms with Crippen molar-refractivity contribution in [2.75, 3.05) is 0 Å². The second-order valence-electron chi connectivity index (χ2n) is 4.97. The van der Waals surface area contributed by atoms with Gasteiger partial charge in [0.05, 0.1) is 5.52 Å². The van der Waals surface area contributed by atoms with Gasteiger partial charge in [-0.3, -0.25) is 0 Å². The van der Waals surface area contributed by atoms with E-state index in [0.29, 0.717) is 18.4 Å². The predicted molar refractivity (Wildman–Crippen MR) is 67.3 cm³/mol. The molecule has 0 N–H and O–H groups in total. The first-order valence-corrected chi connectivity index (χ1v) is 6.36. The number of aromatic nitrogens is 3. The zero-order valence-corrected chi connectivity index (χ0v) is 10.2. The molecule has 0 atom stereocenters. The highest BCUT2D eigenvalue weighted by atomic mass is 19.1. The molecule has 0 amide bonds. The van der Waals surface area contributed by atoms with Crippen LogP contribution in [-0.4, -0.2) is 14.7 Å². The van der Waals surface area contributed by atoms with Gasteiger partial charge in [0.1, 0.15) is 12.4 Å².